The van der Waals surface area contributed by atoms with Gasteiger partial charge in [0.1, 0.15) is 0 Å². The highest BCUT2D eigenvalue weighted by atomic mass is 32.1. The Labute approximate surface area is 164 Å². The smallest absolute Gasteiger partial charge is 0.265 e. The van der Waals surface area contributed by atoms with Crippen LogP contribution < -0.4 is 10.2 Å². The Balaban J connectivity index is 1.35. The Hall–Kier alpha value is -2.34. The Morgan fingerprint density at radius 1 is 1.07 bits per heavy atom. The van der Waals surface area contributed by atoms with Crippen molar-refractivity contribution in [2.45, 2.75) is 26.2 Å². The second-order valence-corrected chi connectivity index (χ2v) is 8.34. The molecule has 2 fully saturated rings. The normalized spacial score (nSPS) is 17.5. The van der Waals surface area contributed by atoms with Gasteiger partial charge in [-0.1, -0.05) is 0 Å². The zero-order valence-electron chi connectivity index (χ0n) is 15.6. The van der Waals surface area contributed by atoms with E-state index in [9.17, 15) is 9.59 Å². The molecular weight excluding hydrogens is 358 g/mol. The summed E-state index contributed by atoms with van der Waals surface area (Å²) in [5.74, 6) is 0.579. The highest BCUT2D eigenvalue weighted by Crippen LogP contribution is 2.31. The maximum absolute atomic E-state index is 12.3. The molecule has 1 N–H and O–H groups in total. The summed E-state index contributed by atoms with van der Waals surface area (Å²) in [4.78, 5) is 29.7. The van der Waals surface area contributed by atoms with Crippen molar-refractivity contribution < 1.29 is 9.59 Å². The third-order valence-electron chi connectivity index (χ3n) is 5.18. The lowest BCUT2D eigenvalue weighted by molar-refractivity contribution is -0.132. The lowest BCUT2D eigenvalue weighted by Crippen LogP contribution is -2.36. The fourth-order valence-electron chi connectivity index (χ4n) is 3.48. The van der Waals surface area contributed by atoms with Crippen molar-refractivity contribution in [3.63, 3.8) is 0 Å². The molecule has 1 saturated heterocycles. The Morgan fingerprint density at radius 2 is 1.85 bits per heavy atom. The predicted molar refractivity (Wildman–Crippen MR) is 110 cm³/mol. The van der Waals surface area contributed by atoms with Gasteiger partial charge in [-0.25, -0.2) is 0 Å². The Morgan fingerprint density at radius 3 is 2.52 bits per heavy atom. The summed E-state index contributed by atoms with van der Waals surface area (Å²) >= 11 is 1.46. The molecule has 1 aliphatic heterocycles. The molecule has 1 aliphatic carbocycles. The first-order valence-electron chi connectivity index (χ1n) is 9.60. The highest BCUT2D eigenvalue weighted by Gasteiger charge is 2.33. The van der Waals surface area contributed by atoms with Gasteiger partial charge in [-0.2, -0.15) is 0 Å². The first-order valence-corrected chi connectivity index (χ1v) is 10.5. The van der Waals surface area contributed by atoms with Crippen molar-refractivity contribution in [3.05, 3.63) is 46.2 Å². The summed E-state index contributed by atoms with van der Waals surface area (Å²) in [6, 6.07) is 9.90. The van der Waals surface area contributed by atoms with Gasteiger partial charge in [0.25, 0.3) is 5.91 Å². The molecule has 6 heteroatoms. The van der Waals surface area contributed by atoms with Crippen LogP contribution in [0.1, 0.15) is 34.5 Å². The minimum Gasteiger partial charge on any atom is -0.370 e. The van der Waals surface area contributed by atoms with Crippen molar-refractivity contribution in [3.8, 4) is 0 Å². The van der Waals surface area contributed by atoms with Gasteiger partial charge in [0, 0.05) is 43.5 Å². The number of carbonyl (C=O) groups is 2. The van der Waals surface area contributed by atoms with Gasteiger partial charge in [-0.05, 0) is 67.5 Å². The molecule has 27 heavy (non-hydrogen) atoms. The Bertz CT molecular complexity index is 826. The molecule has 4 rings (SSSR count). The molecule has 1 aromatic heterocycles. The third-order valence-corrected chi connectivity index (χ3v) is 6.23. The molecule has 0 unspecified atom stereocenters. The molecule has 2 heterocycles. The molecular formula is C21H25N3O2S. The summed E-state index contributed by atoms with van der Waals surface area (Å²) in [6.07, 6.45) is 3.13. The summed E-state index contributed by atoms with van der Waals surface area (Å²) < 4.78 is 0. The Kier molecular flexibility index (Phi) is 5.16. The number of hydrogen-bond donors (Lipinski definition) is 1. The lowest BCUT2D eigenvalue weighted by Gasteiger charge is -2.24. The standard InChI is InChI=1S/C21H25N3O2S/c1-15-13-19(27-14-15)20(25)22-17-5-7-18(8-6-17)23-9-2-10-24(12-11-23)21(26)16-3-4-16/h5-8,13-14,16H,2-4,9-12H2,1H3,(H,22,25). The van der Waals surface area contributed by atoms with Gasteiger partial charge in [0.05, 0.1) is 4.88 Å². The number of aryl methyl sites for hydroxylation is 1. The monoisotopic (exact) mass is 383 g/mol. The van der Waals surface area contributed by atoms with E-state index >= 15 is 0 Å². The molecule has 0 radical (unpaired) electrons. The highest BCUT2D eigenvalue weighted by molar-refractivity contribution is 7.12. The van der Waals surface area contributed by atoms with Crippen molar-refractivity contribution in [1.82, 2.24) is 4.90 Å². The number of nitrogens with zero attached hydrogens (tertiary/aromatic N) is 2. The number of carbonyl (C=O) groups excluding carboxylic acids is 2. The zero-order chi connectivity index (χ0) is 18.8. The summed E-state index contributed by atoms with van der Waals surface area (Å²) in [5, 5.41) is 4.94. The van der Waals surface area contributed by atoms with E-state index in [1.807, 2.05) is 47.5 Å². The average Bonchev–Trinajstić information content (AvgIpc) is 3.47. The van der Waals surface area contributed by atoms with Crippen LogP contribution in [0.3, 0.4) is 0 Å². The second-order valence-electron chi connectivity index (χ2n) is 7.43. The minimum atomic E-state index is -0.0650. The fourth-order valence-corrected chi connectivity index (χ4v) is 4.28. The number of benzene rings is 1. The van der Waals surface area contributed by atoms with Gasteiger partial charge in [0.2, 0.25) is 5.91 Å². The summed E-state index contributed by atoms with van der Waals surface area (Å²) in [5.41, 5.74) is 3.05. The molecule has 142 valence electrons. The SMILES string of the molecule is Cc1csc(C(=O)Nc2ccc(N3CCCN(C(=O)C4CC4)CC3)cc2)c1. The van der Waals surface area contributed by atoms with Gasteiger partial charge < -0.3 is 15.1 Å². The first-order chi connectivity index (χ1) is 13.1. The van der Waals surface area contributed by atoms with Gasteiger partial charge in [-0.3, -0.25) is 9.59 Å². The van der Waals surface area contributed by atoms with Crippen molar-refractivity contribution in [2.24, 2.45) is 5.92 Å². The molecule has 0 bridgehead atoms. The van der Waals surface area contributed by atoms with E-state index in [4.69, 9.17) is 0 Å². The second kappa shape index (κ2) is 7.72. The largest absolute Gasteiger partial charge is 0.370 e. The third kappa shape index (κ3) is 4.33. The molecule has 0 spiro atoms. The van der Waals surface area contributed by atoms with Crippen LogP contribution >= 0.6 is 11.3 Å². The zero-order valence-corrected chi connectivity index (χ0v) is 16.4. The number of nitrogens with one attached hydrogen (secondary N) is 1. The summed E-state index contributed by atoms with van der Waals surface area (Å²) in [6.45, 7) is 5.46. The molecule has 0 atom stereocenters. The first kappa shape index (κ1) is 18.0. The molecule has 1 aromatic carbocycles. The van der Waals surface area contributed by atoms with E-state index in [0.717, 1.165) is 67.3 Å². The maximum atomic E-state index is 12.3. The fraction of sp³-hybridized carbons (Fsp3) is 0.429. The number of rotatable bonds is 4. The van der Waals surface area contributed by atoms with Crippen LogP contribution in [-0.4, -0.2) is 42.9 Å². The predicted octanol–water partition coefficient (Wildman–Crippen LogP) is 3.76. The lowest BCUT2D eigenvalue weighted by atomic mass is 10.2. The molecule has 2 aromatic rings. The van der Waals surface area contributed by atoms with Crippen molar-refractivity contribution >= 4 is 34.5 Å². The van der Waals surface area contributed by atoms with Crippen LogP contribution in [0.25, 0.3) is 0 Å². The average molecular weight is 384 g/mol. The van der Waals surface area contributed by atoms with E-state index in [1.54, 1.807) is 0 Å². The number of amides is 2. The van der Waals surface area contributed by atoms with Crippen molar-refractivity contribution in [1.29, 1.82) is 0 Å². The molecule has 2 amide bonds. The van der Waals surface area contributed by atoms with Crippen LogP contribution in [-0.2, 0) is 4.79 Å². The molecule has 2 aliphatic rings. The van der Waals surface area contributed by atoms with Crippen LogP contribution in [0, 0.1) is 12.8 Å². The van der Waals surface area contributed by atoms with Crippen LogP contribution in [0.5, 0.6) is 0 Å². The minimum absolute atomic E-state index is 0.0650. The van der Waals surface area contributed by atoms with Crippen LogP contribution in [0.4, 0.5) is 11.4 Å². The number of anilines is 2. The van der Waals surface area contributed by atoms with Crippen LogP contribution in [0.2, 0.25) is 0 Å². The van der Waals surface area contributed by atoms with E-state index in [-0.39, 0.29) is 5.91 Å². The maximum Gasteiger partial charge on any atom is 0.265 e. The van der Waals surface area contributed by atoms with Gasteiger partial charge in [-0.15, -0.1) is 11.3 Å². The number of hydrogen-bond acceptors (Lipinski definition) is 4. The van der Waals surface area contributed by atoms with Gasteiger partial charge in [0.15, 0.2) is 0 Å². The van der Waals surface area contributed by atoms with Gasteiger partial charge >= 0.3 is 0 Å². The van der Waals surface area contributed by atoms with E-state index in [2.05, 4.69) is 10.2 Å². The number of thiophene rings is 1. The molecule has 5 nitrogen and oxygen atoms in total. The topological polar surface area (TPSA) is 52.7 Å². The van der Waals surface area contributed by atoms with Crippen molar-refractivity contribution in [2.75, 3.05) is 36.4 Å². The van der Waals surface area contributed by atoms with Crippen LogP contribution in [0.15, 0.2) is 35.7 Å². The molecule has 1 saturated carbocycles. The quantitative estimate of drug-likeness (QED) is 0.875. The van der Waals surface area contributed by atoms with E-state index < -0.39 is 0 Å². The van der Waals surface area contributed by atoms with E-state index in [0.29, 0.717) is 11.8 Å². The summed E-state index contributed by atoms with van der Waals surface area (Å²) in [7, 11) is 0. The van der Waals surface area contributed by atoms with E-state index in [1.165, 1.54) is 11.3 Å².